The number of aryl methyl sites for hydroxylation is 1. The Bertz CT molecular complexity index is 329. The van der Waals surface area contributed by atoms with Gasteiger partial charge in [-0.15, -0.1) is 0 Å². The maximum atomic E-state index is 7.31. The molecule has 1 aromatic carbocycles. The Labute approximate surface area is 71.9 Å². The lowest BCUT2D eigenvalue weighted by molar-refractivity contribution is 1.30. The molecular weight excluding hydrogens is 150 g/mol. The van der Waals surface area contributed by atoms with E-state index in [1.165, 1.54) is 0 Å². The van der Waals surface area contributed by atoms with Crippen molar-refractivity contribution in [2.45, 2.75) is 13.8 Å². The van der Waals surface area contributed by atoms with Crippen LogP contribution in [0.4, 0.5) is 5.69 Å². The highest BCUT2D eigenvalue weighted by Crippen LogP contribution is 2.18. The van der Waals surface area contributed by atoms with Crippen molar-refractivity contribution in [2.75, 3.05) is 5.73 Å². The third-order valence-corrected chi connectivity index (χ3v) is 2.04. The molecule has 12 heavy (non-hydrogen) atoms. The number of hydrogen-bond acceptors (Lipinski definition) is 2. The van der Waals surface area contributed by atoms with E-state index >= 15 is 0 Å². The molecule has 0 saturated heterocycles. The summed E-state index contributed by atoms with van der Waals surface area (Å²) in [4.78, 5) is 0. The van der Waals surface area contributed by atoms with Gasteiger partial charge in [0.05, 0.1) is 0 Å². The van der Waals surface area contributed by atoms with Gasteiger partial charge in [-0.25, -0.2) is 0 Å². The van der Waals surface area contributed by atoms with E-state index in [0.717, 1.165) is 11.1 Å². The topological polar surface area (TPSA) is 75.9 Å². The lowest BCUT2D eigenvalue weighted by Crippen LogP contribution is -2.15. The van der Waals surface area contributed by atoms with E-state index in [9.17, 15) is 0 Å². The van der Waals surface area contributed by atoms with Crippen molar-refractivity contribution < 1.29 is 0 Å². The van der Waals surface area contributed by atoms with Crippen molar-refractivity contribution in [3.05, 3.63) is 28.8 Å². The van der Waals surface area contributed by atoms with Crippen LogP contribution >= 0.6 is 0 Å². The second-order valence-corrected chi connectivity index (χ2v) is 2.89. The predicted octanol–water partition coefficient (Wildman–Crippen LogP) is 1.17. The first-order valence-corrected chi connectivity index (χ1v) is 3.74. The van der Waals surface area contributed by atoms with Gasteiger partial charge in [-0.3, -0.25) is 5.41 Å². The molecule has 0 heterocycles. The van der Waals surface area contributed by atoms with Crippen LogP contribution in [0.3, 0.4) is 0 Å². The van der Waals surface area contributed by atoms with Crippen LogP contribution in [-0.2, 0) is 0 Å². The number of benzene rings is 1. The van der Waals surface area contributed by atoms with Gasteiger partial charge >= 0.3 is 0 Å². The van der Waals surface area contributed by atoms with Crippen LogP contribution in [0.15, 0.2) is 12.1 Å². The quantitative estimate of drug-likeness (QED) is 0.330. The average molecular weight is 163 g/mol. The molecule has 0 amide bonds. The minimum Gasteiger partial charge on any atom is -0.398 e. The molecule has 0 fully saturated rings. The fraction of sp³-hybridized carbons (Fsp3) is 0.222. The van der Waals surface area contributed by atoms with E-state index in [4.69, 9.17) is 16.9 Å². The average Bonchev–Trinajstić information content (AvgIpc) is 1.97. The highest BCUT2D eigenvalue weighted by atomic mass is 14.7. The first-order valence-electron chi connectivity index (χ1n) is 3.74. The smallest absolute Gasteiger partial charge is 0.125 e. The van der Waals surface area contributed by atoms with Crippen molar-refractivity contribution in [1.29, 1.82) is 5.41 Å². The minimum absolute atomic E-state index is 0.0358. The Morgan fingerprint density at radius 3 is 2.33 bits per heavy atom. The van der Waals surface area contributed by atoms with Crippen molar-refractivity contribution in [1.82, 2.24) is 0 Å². The molecule has 0 bridgehead atoms. The van der Waals surface area contributed by atoms with Gasteiger partial charge < -0.3 is 11.5 Å². The van der Waals surface area contributed by atoms with Gasteiger partial charge in [0.25, 0.3) is 0 Å². The first-order chi connectivity index (χ1) is 5.54. The van der Waals surface area contributed by atoms with Gasteiger partial charge in [0, 0.05) is 11.3 Å². The van der Waals surface area contributed by atoms with Crippen LogP contribution in [0.1, 0.15) is 16.7 Å². The monoisotopic (exact) mass is 163 g/mol. The molecule has 0 unspecified atom stereocenters. The molecule has 0 atom stereocenters. The zero-order chi connectivity index (χ0) is 9.30. The molecule has 5 N–H and O–H groups in total. The molecule has 0 spiro atoms. The largest absolute Gasteiger partial charge is 0.398 e. The summed E-state index contributed by atoms with van der Waals surface area (Å²) in [6, 6.07) is 3.70. The van der Waals surface area contributed by atoms with E-state index in [-0.39, 0.29) is 5.84 Å². The summed E-state index contributed by atoms with van der Waals surface area (Å²) in [6.45, 7) is 3.89. The second-order valence-electron chi connectivity index (χ2n) is 2.89. The summed E-state index contributed by atoms with van der Waals surface area (Å²) in [5, 5.41) is 7.31. The van der Waals surface area contributed by atoms with Gasteiger partial charge in [0.2, 0.25) is 0 Å². The molecular formula is C9H13N3. The fourth-order valence-electron chi connectivity index (χ4n) is 1.19. The van der Waals surface area contributed by atoms with Crippen LogP contribution < -0.4 is 11.5 Å². The lowest BCUT2D eigenvalue weighted by Gasteiger charge is -2.09. The standard InChI is InChI=1S/C9H13N3/c1-5-3-4-7(10)8(6(5)2)9(11)12/h3-4H,10H2,1-2H3,(H3,11,12). The number of nitrogens with two attached hydrogens (primary N) is 2. The summed E-state index contributed by atoms with van der Waals surface area (Å²) in [5.74, 6) is 0.0358. The third kappa shape index (κ3) is 1.25. The molecule has 64 valence electrons. The summed E-state index contributed by atoms with van der Waals surface area (Å²) >= 11 is 0. The SMILES string of the molecule is Cc1ccc(N)c(C(=N)N)c1C. The van der Waals surface area contributed by atoms with Crippen LogP contribution in [0.25, 0.3) is 0 Å². The van der Waals surface area contributed by atoms with Gasteiger partial charge in [0.15, 0.2) is 0 Å². The highest BCUT2D eigenvalue weighted by Gasteiger charge is 2.07. The fourth-order valence-corrected chi connectivity index (χ4v) is 1.19. The molecule has 3 nitrogen and oxygen atoms in total. The van der Waals surface area contributed by atoms with Crippen molar-refractivity contribution in [3.8, 4) is 0 Å². The Kier molecular flexibility index (Phi) is 2.04. The van der Waals surface area contributed by atoms with Crippen LogP contribution in [0.5, 0.6) is 0 Å². The van der Waals surface area contributed by atoms with Gasteiger partial charge in [-0.1, -0.05) is 6.07 Å². The van der Waals surface area contributed by atoms with Crippen LogP contribution in [0.2, 0.25) is 0 Å². The van der Waals surface area contributed by atoms with E-state index < -0.39 is 0 Å². The lowest BCUT2D eigenvalue weighted by atomic mass is 10.0. The zero-order valence-corrected chi connectivity index (χ0v) is 7.31. The molecule has 1 aromatic rings. The number of amidine groups is 1. The van der Waals surface area contributed by atoms with Crippen molar-refractivity contribution in [2.24, 2.45) is 5.73 Å². The zero-order valence-electron chi connectivity index (χ0n) is 7.31. The molecule has 1 rings (SSSR count). The number of hydrogen-bond donors (Lipinski definition) is 3. The molecule has 0 aliphatic carbocycles. The van der Waals surface area contributed by atoms with Gasteiger partial charge in [-0.2, -0.15) is 0 Å². The molecule has 0 aromatic heterocycles. The number of rotatable bonds is 1. The second kappa shape index (κ2) is 2.85. The van der Waals surface area contributed by atoms with Crippen molar-refractivity contribution in [3.63, 3.8) is 0 Å². The summed E-state index contributed by atoms with van der Waals surface area (Å²) in [7, 11) is 0. The Balaban J connectivity index is 3.43. The van der Waals surface area contributed by atoms with E-state index in [0.29, 0.717) is 11.3 Å². The minimum atomic E-state index is 0.0358. The molecule has 0 saturated carbocycles. The highest BCUT2D eigenvalue weighted by molar-refractivity contribution is 6.01. The maximum absolute atomic E-state index is 7.31. The van der Waals surface area contributed by atoms with Crippen LogP contribution in [0, 0.1) is 19.3 Å². The predicted molar refractivity (Wildman–Crippen MR) is 51.3 cm³/mol. The Hall–Kier alpha value is -1.51. The van der Waals surface area contributed by atoms with E-state index in [2.05, 4.69) is 0 Å². The van der Waals surface area contributed by atoms with Gasteiger partial charge in [0.1, 0.15) is 5.84 Å². The molecule has 0 aliphatic rings. The van der Waals surface area contributed by atoms with E-state index in [1.54, 1.807) is 6.07 Å². The van der Waals surface area contributed by atoms with Crippen molar-refractivity contribution >= 4 is 11.5 Å². The normalized spacial score (nSPS) is 9.83. The van der Waals surface area contributed by atoms with E-state index in [1.807, 2.05) is 19.9 Å². The Morgan fingerprint density at radius 2 is 1.92 bits per heavy atom. The number of anilines is 1. The summed E-state index contributed by atoms with van der Waals surface area (Å²) < 4.78 is 0. The first kappa shape index (κ1) is 8.59. The summed E-state index contributed by atoms with van der Waals surface area (Å²) in [6.07, 6.45) is 0. The number of nitrogen functional groups attached to an aromatic ring is 2. The summed E-state index contributed by atoms with van der Waals surface area (Å²) in [5.41, 5.74) is 14.4. The van der Waals surface area contributed by atoms with Gasteiger partial charge in [-0.05, 0) is 31.0 Å². The van der Waals surface area contributed by atoms with Crippen LogP contribution in [-0.4, -0.2) is 5.84 Å². The molecule has 0 radical (unpaired) electrons. The molecule has 0 aliphatic heterocycles. The Morgan fingerprint density at radius 1 is 1.33 bits per heavy atom. The number of nitrogens with one attached hydrogen (secondary N) is 1. The molecule has 3 heteroatoms. The third-order valence-electron chi connectivity index (χ3n) is 2.04. The maximum Gasteiger partial charge on any atom is 0.125 e.